The lowest BCUT2D eigenvalue weighted by Crippen LogP contribution is -2.55. The van der Waals surface area contributed by atoms with Gasteiger partial charge in [0.15, 0.2) is 0 Å². The van der Waals surface area contributed by atoms with Crippen LogP contribution in [-0.2, 0) is 0 Å². The fraction of sp³-hybridized carbons (Fsp3) is 0.467. The zero-order valence-corrected chi connectivity index (χ0v) is 11.5. The van der Waals surface area contributed by atoms with E-state index in [1.54, 1.807) is 18.2 Å². The molecule has 0 spiro atoms. The van der Waals surface area contributed by atoms with Gasteiger partial charge in [0.2, 0.25) is 0 Å². The Hall–Kier alpha value is -2.06. The molecule has 5 nitrogen and oxygen atoms in total. The first-order valence-electron chi connectivity index (χ1n) is 6.95. The Bertz CT molecular complexity index is 551. The number of hydrogen-bond acceptors (Lipinski definition) is 3. The number of anilines is 1. The molecule has 0 aromatic heterocycles. The maximum absolute atomic E-state index is 12.4. The smallest absolute Gasteiger partial charge is 0.316 e. The van der Waals surface area contributed by atoms with Crippen LogP contribution < -0.4 is 5.32 Å². The number of carbonyl (C=O) groups is 1. The van der Waals surface area contributed by atoms with Gasteiger partial charge in [0.05, 0.1) is 11.6 Å². The van der Waals surface area contributed by atoms with E-state index in [0.29, 0.717) is 23.3 Å². The molecule has 2 heterocycles. The fourth-order valence-electron chi connectivity index (χ4n) is 3.30. The number of benzene rings is 1. The van der Waals surface area contributed by atoms with E-state index in [-0.39, 0.29) is 6.03 Å². The summed E-state index contributed by atoms with van der Waals surface area (Å²) >= 11 is 0. The van der Waals surface area contributed by atoms with Gasteiger partial charge >= 0.3 is 6.03 Å². The van der Waals surface area contributed by atoms with Gasteiger partial charge in [-0.3, -0.25) is 0 Å². The van der Waals surface area contributed by atoms with Crippen molar-refractivity contribution in [1.29, 1.82) is 5.26 Å². The molecular weight excluding hydrogens is 252 g/mol. The highest BCUT2D eigenvalue weighted by Gasteiger charge is 2.41. The third-order valence-corrected chi connectivity index (χ3v) is 4.14. The second-order valence-corrected chi connectivity index (χ2v) is 5.64. The van der Waals surface area contributed by atoms with E-state index in [4.69, 9.17) is 5.26 Å². The summed E-state index contributed by atoms with van der Waals surface area (Å²) in [6.07, 6.45) is 2.17. The molecule has 2 atom stereocenters. The molecule has 2 amide bonds. The maximum atomic E-state index is 12.4. The number of nitrogens with one attached hydrogen (secondary N) is 1. The molecule has 0 saturated carbocycles. The van der Waals surface area contributed by atoms with E-state index >= 15 is 0 Å². The summed E-state index contributed by atoms with van der Waals surface area (Å²) in [7, 11) is 2.11. The van der Waals surface area contributed by atoms with Crippen molar-refractivity contribution in [2.24, 2.45) is 0 Å². The Labute approximate surface area is 118 Å². The van der Waals surface area contributed by atoms with Crippen molar-refractivity contribution in [3.8, 4) is 6.07 Å². The summed E-state index contributed by atoms with van der Waals surface area (Å²) in [4.78, 5) is 16.7. The van der Waals surface area contributed by atoms with Gasteiger partial charge in [-0.1, -0.05) is 6.07 Å². The van der Waals surface area contributed by atoms with Gasteiger partial charge in [0.1, 0.15) is 0 Å². The summed E-state index contributed by atoms with van der Waals surface area (Å²) in [5.41, 5.74) is 1.25. The minimum absolute atomic E-state index is 0.0410. The van der Waals surface area contributed by atoms with Crippen LogP contribution in [0.2, 0.25) is 0 Å². The zero-order valence-electron chi connectivity index (χ0n) is 11.5. The summed E-state index contributed by atoms with van der Waals surface area (Å²) in [5.74, 6) is 0. The van der Waals surface area contributed by atoms with Crippen molar-refractivity contribution < 1.29 is 4.79 Å². The third-order valence-electron chi connectivity index (χ3n) is 4.14. The lowest BCUT2D eigenvalue weighted by Gasteiger charge is -2.39. The molecule has 0 aliphatic carbocycles. The number of piperazine rings is 1. The average Bonchev–Trinajstić information content (AvgIpc) is 2.71. The molecule has 3 rings (SSSR count). The van der Waals surface area contributed by atoms with E-state index < -0.39 is 0 Å². The summed E-state index contributed by atoms with van der Waals surface area (Å²) in [6.45, 7) is 1.89. The first kappa shape index (κ1) is 12.9. The van der Waals surface area contributed by atoms with Crippen LogP contribution in [0, 0.1) is 11.3 Å². The molecule has 0 radical (unpaired) electrons. The Morgan fingerprint density at radius 3 is 2.70 bits per heavy atom. The number of urea groups is 1. The molecular formula is C15H18N4O. The van der Waals surface area contributed by atoms with Gasteiger partial charge in [-0.25, -0.2) is 4.79 Å². The molecule has 2 bridgehead atoms. The number of likely N-dealkylation sites (tertiary alicyclic amines) is 1. The van der Waals surface area contributed by atoms with Gasteiger partial charge < -0.3 is 15.1 Å². The van der Waals surface area contributed by atoms with Crippen molar-refractivity contribution in [2.45, 2.75) is 24.9 Å². The van der Waals surface area contributed by atoms with Gasteiger partial charge in [-0.15, -0.1) is 0 Å². The molecule has 1 aromatic rings. The van der Waals surface area contributed by atoms with Gasteiger partial charge in [-0.05, 0) is 38.1 Å². The lowest BCUT2D eigenvalue weighted by atomic mass is 10.2. The Kier molecular flexibility index (Phi) is 3.33. The Balaban J connectivity index is 1.72. The monoisotopic (exact) mass is 270 g/mol. The number of rotatable bonds is 1. The summed E-state index contributed by atoms with van der Waals surface area (Å²) in [6, 6.07) is 9.71. The number of fused-ring (bicyclic) bond motifs is 2. The van der Waals surface area contributed by atoms with Gasteiger partial charge in [0, 0.05) is 30.9 Å². The zero-order chi connectivity index (χ0) is 14.1. The van der Waals surface area contributed by atoms with Crippen molar-refractivity contribution >= 4 is 11.7 Å². The third kappa shape index (κ3) is 2.35. The van der Waals surface area contributed by atoms with Crippen LogP contribution in [-0.4, -0.2) is 48.1 Å². The molecule has 5 heteroatoms. The van der Waals surface area contributed by atoms with Gasteiger partial charge in [-0.2, -0.15) is 5.26 Å². The normalized spacial score (nSPS) is 25.3. The van der Waals surface area contributed by atoms with Gasteiger partial charge in [0.25, 0.3) is 0 Å². The standard InChI is InChI=1S/C15H18N4O/c1-18-9-13-5-6-14(10-18)19(13)15(20)17-12-4-2-3-11(7-12)8-16/h2-4,7,13-14H,5-6,9-10H2,1H3,(H,17,20). The van der Waals surface area contributed by atoms with E-state index in [1.807, 2.05) is 11.0 Å². The van der Waals surface area contributed by atoms with Crippen LogP contribution in [0.4, 0.5) is 10.5 Å². The predicted octanol–water partition coefficient (Wildman–Crippen LogP) is 1.87. The highest BCUT2D eigenvalue weighted by Crippen LogP contribution is 2.30. The molecule has 2 aliphatic heterocycles. The average molecular weight is 270 g/mol. The largest absolute Gasteiger partial charge is 0.322 e. The first-order chi connectivity index (χ1) is 9.67. The van der Waals surface area contributed by atoms with Crippen LogP contribution in [0.3, 0.4) is 0 Å². The first-order valence-corrected chi connectivity index (χ1v) is 6.95. The Morgan fingerprint density at radius 1 is 1.35 bits per heavy atom. The quantitative estimate of drug-likeness (QED) is 0.847. The number of amides is 2. The highest BCUT2D eigenvalue weighted by atomic mass is 16.2. The summed E-state index contributed by atoms with van der Waals surface area (Å²) < 4.78 is 0. The van der Waals surface area contributed by atoms with E-state index in [2.05, 4.69) is 23.3 Å². The van der Waals surface area contributed by atoms with Crippen LogP contribution >= 0.6 is 0 Å². The van der Waals surface area contributed by atoms with E-state index in [1.165, 1.54) is 0 Å². The number of nitriles is 1. The summed E-state index contributed by atoms with van der Waals surface area (Å²) in [5, 5.41) is 11.8. The Morgan fingerprint density at radius 2 is 2.05 bits per heavy atom. The molecule has 1 N–H and O–H groups in total. The minimum atomic E-state index is -0.0410. The number of likely N-dealkylation sites (N-methyl/N-ethyl adjacent to an activating group) is 1. The maximum Gasteiger partial charge on any atom is 0.322 e. The SMILES string of the molecule is CN1CC2CCC(C1)N2C(=O)Nc1cccc(C#N)c1. The molecule has 20 heavy (non-hydrogen) atoms. The van der Waals surface area contributed by atoms with Crippen LogP contribution in [0.15, 0.2) is 24.3 Å². The van der Waals surface area contributed by atoms with Crippen molar-refractivity contribution in [3.05, 3.63) is 29.8 Å². The predicted molar refractivity (Wildman–Crippen MR) is 76.3 cm³/mol. The molecule has 104 valence electrons. The second kappa shape index (κ2) is 5.14. The highest BCUT2D eigenvalue weighted by molar-refractivity contribution is 5.90. The second-order valence-electron chi connectivity index (χ2n) is 5.64. The lowest BCUT2D eigenvalue weighted by molar-refractivity contribution is 0.111. The topological polar surface area (TPSA) is 59.4 Å². The minimum Gasteiger partial charge on any atom is -0.316 e. The molecule has 2 saturated heterocycles. The number of hydrogen-bond donors (Lipinski definition) is 1. The van der Waals surface area contributed by atoms with Crippen molar-refractivity contribution in [3.63, 3.8) is 0 Å². The van der Waals surface area contributed by atoms with Crippen LogP contribution in [0.25, 0.3) is 0 Å². The van der Waals surface area contributed by atoms with Crippen molar-refractivity contribution in [2.75, 3.05) is 25.5 Å². The molecule has 2 unspecified atom stereocenters. The number of nitrogens with zero attached hydrogens (tertiary/aromatic N) is 3. The van der Waals surface area contributed by atoms with Crippen LogP contribution in [0.5, 0.6) is 0 Å². The van der Waals surface area contributed by atoms with E-state index in [0.717, 1.165) is 25.9 Å². The molecule has 1 aromatic carbocycles. The molecule has 2 fully saturated rings. The number of carbonyl (C=O) groups excluding carboxylic acids is 1. The van der Waals surface area contributed by atoms with Crippen LogP contribution in [0.1, 0.15) is 18.4 Å². The molecule has 2 aliphatic rings. The van der Waals surface area contributed by atoms with Crippen molar-refractivity contribution in [1.82, 2.24) is 9.80 Å². The fourth-order valence-corrected chi connectivity index (χ4v) is 3.30. The van der Waals surface area contributed by atoms with E-state index in [9.17, 15) is 4.79 Å².